The minimum Gasteiger partial charge on any atom is -0.368 e. The number of hydrogen-bond donors (Lipinski definition) is 2. The number of nitrogen functional groups attached to an aromatic ring is 1. The number of fused-ring (bicyclic) bond motifs is 1. The first-order valence-corrected chi connectivity index (χ1v) is 5.17. The molecule has 0 aliphatic carbocycles. The number of rotatable bonds is 2. The second kappa shape index (κ2) is 3.82. The number of pyridine rings is 1. The maximum atomic E-state index is 5.65. The van der Waals surface area contributed by atoms with Gasteiger partial charge in [0.2, 0.25) is 5.95 Å². The van der Waals surface area contributed by atoms with Crippen LogP contribution in [0.15, 0.2) is 30.7 Å². The fourth-order valence-corrected chi connectivity index (χ4v) is 1.74. The number of H-pyrrole nitrogens is 1. The van der Waals surface area contributed by atoms with Crippen molar-refractivity contribution in [2.24, 2.45) is 0 Å². The first kappa shape index (κ1) is 9.71. The van der Waals surface area contributed by atoms with Gasteiger partial charge in [0.1, 0.15) is 0 Å². The van der Waals surface area contributed by atoms with Crippen molar-refractivity contribution in [3.05, 3.63) is 42.0 Å². The number of aromatic nitrogens is 5. The van der Waals surface area contributed by atoms with Gasteiger partial charge < -0.3 is 5.73 Å². The van der Waals surface area contributed by atoms with E-state index in [2.05, 4.69) is 25.1 Å². The predicted molar refractivity (Wildman–Crippen MR) is 63.1 cm³/mol. The summed E-state index contributed by atoms with van der Waals surface area (Å²) in [5.41, 5.74) is 8.25. The monoisotopic (exact) mass is 226 g/mol. The molecule has 3 aromatic rings. The van der Waals surface area contributed by atoms with Crippen LogP contribution in [-0.4, -0.2) is 25.1 Å². The number of nitrogens with one attached hydrogen (secondary N) is 1. The molecule has 3 heterocycles. The van der Waals surface area contributed by atoms with Crippen LogP contribution in [0.4, 0.5) is 5.95 Å². The molecule has 0 atom stereocenters. The summed E-state index contributed by atoms with van der Waals surface area (Å²) >= 11 is 0. The maximum Gasteiger partial charge on any atom is 0.222 e. The average Bonchev–Trinajstić information content (AvgIpc) is 2.78. The molecule has 3 N–H and O–H groups in total. The summed E-state index contributed by atoms with van der Waals surface area (Å²) in [6.07, 6.45) is 5.92. The van der Waals surface area contributed by atoms with Gasteiger partial charge in [-0.15, -0.1) is 0 Å². The van der Waals surface area contributed by atoms with E-state index in [1.165, 1.54) is 0 Å². The fraction of sp³-hybridized carbons (Fsp3) is 0.0909. The summed E-state index contributed by atoms with van der Waals surface area (Å²) in [5.74, 6) is 0.251. The summed E-state index contributed by atoms with van der Waals surface area (Å²) in [6.45, 7) is 0. The van der Waals surface area contributed by atoms with Crippen LogP contribution in [0.25, 0.3) is 11.0 Å². The summed E-state index contributed by atoms with van der Waals surface area (Å²) in [7, 11) is 0. The lowest BCUT2D eigenvalue weighted by Gasteiger charge is -2.02. The molecule has 0 aliphatic rings. The Labute approximate surface area is 96.9 Å². The number of nitrogens with zero attached hydrogens (tertiary/aromatic N) is 4. The first-order chi connectivity index (χ1) is 8.33. The Hall–Kier alpha value is -2.50. The highest BCUT2D eigenvalue weighted by Crippen LogP contribution is 2.16. The van der Waals surface area contributed by atoms with Crippen molar-refractivity contribution in [1.82, 2.24) is 25.1 Å². The molecule has 17 heavy (non-hydrogen) atoms. The van der Waals surface area contributed by atoms with E-state index < -0.39 is 0 Å². The molecule has 6 nitrogen and oxygen atoms in total. The van der Waals surface area contributed by atoms with Crippen molar-refractivity contribution in [3.63, 3.8) is 0 Å². The van der Waals surface area contributed by atoms with Gasteiger partial charge in [0, 0.05) is 18.8 Å². The Morgan fingerprint density at radius 1 is 1.24 bits per heavy atom. The third-order valence-corrected chi connectivity index (χ3v) is 2.50. The van der Waals surface area contributed by atoms with Crippen LogP contribution in [0.5, 0.6) is 0 Å². The highest BCUT2D eigenvalue weighted by Gasteiger charge is 2.08. The lowest BCUT2D eigenvalue weighted by Crippen LogP contribution is -2.01. The van der Waals surface area contributed by atoms with E-state index in [9.17, 15) is 0 Å². The number of nitrogens with two attached hydrogens (primary N) is 1. The first-order valence-electron chi connectivity index (χ1n) is 5.17. The quantitative estimate of drug-likeness (QED) is 0.677. The van der Waals surface area contributed by atoms with E-state index in [0.717, 1.165) is 16.6 Å². The second-order valence-electron chi connectivity index (χ2n) is 3.70. The summed E-state index contributed by atoms with van der Waals surface area (Å²) in [5, 5.41) is 7.63. The Kier molecular flexibility index (Phi) is 2.18. The van der Waals surface area contributed by atoms with Crippen LogP contribution in [0, 0.1) is 0 Å². The van der Waals surface area contributed by atoms with Crippen LogP contribution in [0.3, 0.4) is 0 Å². The molecule has 0 fully saturated rings. The molecule has 0 saturated carbocycles. The Bertz CT molecular complexity index is 645. The standard InChI is InChI=1S/C11H10N6/c12-11-15-9(4-7-2-1-3-13-5-7)8-6-14-17-10(8)16-11/h1-3,5-6H,4H2,(H3,12,14,15,16,17). The van der Waals surface area contributed by atoms with E-state index in [1.807, 2.05) is 18.3 Å². The van der Waals surface area contributed by atoms with Crippen LogP contribution in [0.1, 0.15) is 11.3 Å². The molecule has 0 bridgehead atoms. The van der Waals surface area contributed by atoms with E-state index in [4.69, 9.17) is 5.73 Å². The molecule has 0 amide bonds. The smallest absolute Gasteiger partial charge is 0.222 e. The third-order valence-electron chi connectivity index (χ3n) is 2.50. The van der Waals surface area contributed by atoms with Gasteiger partial charge in [-0.25, -0.2) is 4.98 Å². The summed E-state index contributed by atoms with van der Waals surface area (Å²) in [4.78, 5) is 12.4. The number of anilines is 1. The van der Waals surface area contributed by atoms with Crippen molar-refractivity contribution >= 4 is 17.0 Å². The maximum absolute atomic E-state index is 5.65. The largest absolute Gasteiger partial charge is 0.368 e. The third kappa shape index (κ3) is 1.80. The predicted octanol–water partition coefficient (Wildman–Crippen LogP) is 0.921. The molecule has 0 saturated heterocycles. The second-order valence-corrected chi connectivity index (χ2v) is 3.70. The Morgan fingerprint density at radius 2 is 2.18 bits per heavy atom. The van der Waals surface area contributed by atoms with Gasteiger partial charge in [-0.2, -0.15) is 10.1 Å². The molecule has 3 rings (SSSR count). The topological polar surface area (TPSA) is 93.4 Å². The van der Waals surface area contributed by atoms with Gasteiger partial charge in [0.15, 0.2) is 5.65 Å². The minimum atomic E-state index is 0.251. The van der Waals surface area contributed by atoms with E-state index >= 15 is 0 Å². The average molecular weight is 226 g/mol. The zero-order valence-corrected chi connectivity index (χ0v) is 8.96. The molecule has 6 heteroatoms. The Balaban J connectivity index is 2.08. The number of hydrogen-bond acceptors (Lipinski definition) is 5. The van der Waals surface area contributed by atoms with Gasteiger partial charge in [0.05, 0.1) is 17.3 Å². The molecule has 0 radical (unpaired) electrons. The van der Waals surface area contributed by atoms with E-state index in [0.29, 0.717) is 12.1 Å². The van der Waals surface area contributed by atoms with Crippen LogP contribution in [-0.2, 0) is 6.42 Å². The molecule has 3 aromatic heterocycles. The van der Waals surface area contributed by atoms with Gasteiger partial charge >= 0.3 is 0 Å². The van der Waals surface area contributed by atoms with Gasteiger partial charge in [0.25, 0.3) is 0 Å². The molecular formula is C11H10N6. The molecule has 0 spiro atoms. The zero-order chi connectivity index (χ0) is 11.7. The lowest BCUT2D eigenvalue weighted by molar-refractivity contribution is 1.05. The highest BCUT2D eigenvalue weighted by molar-refractivity contribution is 5.77. The number of aromatic amines is 1. The molecule has 84 valence electrons. The zero-order valence-electron chi connectivity index (χ0n) is 8.96. The fourth-order valence-electron chi connectivity index (χ4n) is 1.74. The van der Waals surface area contributed by atoms with Crippen molar-refractivity contribution in [3.8, 4) is 0 Å². The molecular weight excluding hydrogens is 216 g/mol. The molecule has 0 aliphatic heterocycles. The van der Waals surface area contributed by atoms with Crippen molar-refractivity contribution in [1.29, 1.82) is 0 Å². The molecule has 0 unspecified atom stereocenters. The normalized spacial score (nSPS) is 10.8. The van der Waals surface area contributed by atoms with E-state index in [1.54, 1.807) is 12.4 Å². The summed E-state index contributed by atoms with van der Waals surface area (Å²) < 4.78 is 0. The SMILES string of the molecule is Nc1nc(Cc2cccnc2)c2cn[nH]c2n1. The van der Waals surface area contributed by atoms with Crippen LogP contribution >= 0.6 is 0 Å². The minimum absolute atomic E-state index is 0.251. The van der Waals surface area contributed by atoms with Crippen molar-refractivity contribution < 1.29 is 0 Å². The van der Waals surface area contributed by atoms with Gasteiger partial charge in [-0.1, -0.05) is 6.07 Å². The molecule has 0 aromatic carbocycles. The highest BCUT2D eigenvalue weighted by atomic mass is 15.2. The van der Waals surface area contributed by atoms with Gasteiger partial charge in [-0.05, 0) is 11.6 Å². The van der Waals surface area contributed by atoms with Crippen molar-refractivity contribution in [2.75, 3.05) is 5.73 Å². The van der Waals surface area contributed by atoms with Crippen LogP contribution < -0.4 is 5.73 Å². The van der Waals surface area contributed by atoms with E-state index in [-0.39, 0.29) is 5.95 Å². The van der Waals surface area contributed by atoms with Gasteiger partial charge in [-0.3, -0.25) is 10.1 Å². The Morgan fingerprint density at radius 3 is 3.00 bits per heavy atom. The van der Waals surface area contributed by atoms with Crippen molar-refractivity contribution in [2.45, 2.75) is 6.42 Å². The summed E-state index contributed by atoms with van der Waals surface area (Å²) in [6, 6.07) is 3.89. The lowest BCUT2D eigenvalue weighted by atomic mass is 10.1. The van der Waals surface area contributed by atoms with Crippen LogP contribution in [0.2, 0.25) is 0 Å².